The van der Waals surface area contributed by atoms with Crippen molar-refractivity contribution in [2.45, 2.75) is 115 Å². The number of nitrogens with zero attached hydrogens (tertiary/aromatic N) is 1. The van der Waals surface area contributed by atoms with E-state index in [9.17, 15) is 9.59 Å². The lowest BCUT2D eigenvalue weighted by Crippen LogP contribution is -2.59. The first-order valence-electron chi connectivity index (χ1n) is 18.6. The van der Waals surface area contributed by atoms with E-state index in [0.717, 1.165) is 85.4 Å². The molecule has 2 saturated carbocycles. The summed E-state index contributed by atoms with van der Waals surface area (Å²) < 4.78 is 23.2. The summed E-state index contributed by atoms with van der Waals surface area (Å²) in [5, 5.41) is 0. The Kier molecular flexibility index (Phi) is 12.1. The molecule has 0 amide bonds. The smallest absolute Gasteiger partial charge is 0.331 e. The standard InChI is InChI=1S/C21H28N2O3.C20H28BrNO3/c1-5-14-12-20(10-9-18(14)25-4)13-15-7-8-16(23-3)11-17(15)21(20,22)19(24)26-6-2;1-4-13-11-19(9-8-17(13)24-3)12-14-6-7-15(21)10-16(14)20(19,22)18(23)25-5-2/h7-8,11,14,18H,5-6,9-10,12-13,22H2,1-2,4H3;6-7,10,13,17H,4-5,8-9,11-12,22H2,1-3H3/t14-,18-,20-,21+;13-,17-,19-,20+/m00/s1. The molecule has 8 atom stereocenters. The Morgan fingerprint density at radius 3 is 1.65 bits per heavy atom. The lowest BCUT2D eigenvalue weighted by atomic mass is 9.58. The second-order valence-electron chi connectivity index (χ2n) is 15.1. The zero-order valence-corrected chi connectivity index (χ0v) is 32.8. The zero-order chi connectivity index (χ0) is 37.2. The summed E-state index contributed by atoms with van der Waals surface area (Å²) in [4.78, 5) is 29.7. The minimum atomic E-state index is -1.20. The summed E-state index contributed by atoms with van der Waals surface area (Å²) in [7, 11) is 3.55. The van der Waals surface area contributed by atoms with Gasteiger partial charge in [-0.1, -0.05) is 66.9 Å². The Balaban J connectivity index is 0.000000198. The molecule has 4 aliphatic rings. The minimum absolute atomic E-state index is 0.208. The maximum absolute atomic E-state index is 13.1. The van der Waals surface area contributed by atoms with Gasteiger partial charge in [-0.25, -0.2) is 14.4 Å². The number of hydrogen-bond acceptors (Lipinski definition) is 8. The van der Waals surface area contributed by atoms with E-state index in [0.29, 0.717) is 30.7 Å². The Hall–Kier alpha value is -2.81. The number of hydrogen-bond donors (Lipinski definition) is 2. The van der Waals surface area contributed by atoms with Crippen LogP contribution in [0.2, 0.25) is 0 Å². The van der Waals surface area contributed by atoms with Crippen LogP contribution in [0, 0.1) is 29.2 Å². The summed E-state index contributed by atoms with van der Waals surface area (Å²) in [6.45, 7) is 16.0. The lowest BCUT2D eigenvalue weighted by molar-refractivity contribution is -0.160. The van der Waals surface area contributed by atoms with Gasteiger partial charge in [-0.2, -0.15) is 0 Å². The fraction of sp³-hybridized carbons (Fsp3) is 0.634. The lowest BCUT2D eigenvalue weighted by Gasteiger charge is -2.49. The first-order chi connectivity index (χ1) is 24.4. The average molecular weight is 767 g/mol. The van der Waals surface area contributed by atoms with Crippen molar-refractivity contribution in [1.82, 2.24) is 0 Å². The van der Waals surface area contributed by atoms with Gasteiger partial charge in [-0.3, -0.25) is 0 Å². The summed E-state index contributed by atoms with van der Waals surface area (Å²) in [5.74, 6) is 0.110. The highest BCUT2D eigenvalue weighted by Crippen LogP contribution is 2.60. The fourth-order valence-electron chi connectivity index (χ4n) is 10.2. The normalized spacial score (nSPS) is 33.5. The maximum atomic E-state index is 13.1. The highest BCUT2D eigenvalue weighted by molar-refractivity contribution is 9.10. The highest BCUT2D eigenvalue weighted by Gasteiger charge is 2.64. The van der Waals surface area contributed by atoms with E-state index in [1.54, 1.807) is 27.2 Å². The molecule has 4 N–H and O–H groups in total. The monoisotopic (exact) mass is 765 g/mol. The van der Waals surface area contributed by atoms with Crippen molar-refractivity contribution < 1.29 is 28.5 Å². The third-order valence-electron chi connectivity index (χ3n) is 12.9. The number of esters is 2. The summed E-state index contributed by atoms with van der Waals surface area (Å²) in [6.07, 6.45) is 9.30. The van der Waals surface area contributed by atoms with Crippen LogP contribution in [0.25, 0.3) is 4.85 Å². The van der Waals surface area contributed by atoms with E-state index in [1.165, 1.54) is 5.56 Å². The molecule has 2 fully saturated rings. The van der Waals surface area contributed by atoms with Crippen molar-refractivity contribution in [3.05, 3.63) is 74.5 Å². The second-order valence-corrected chi connectivity index (χ2v) is 16.0. The molecule has 10 heteroatoms. The van der Waals surface area contributed by atoms with Crippen LogP contribution in [-0.2, 0) is 52.5 Å². The topological polar surface area (TPSA) is 127 Å². The molecular weight excluding hydrogens is 710 g/mol. The van der Waals surface area contributed by atoms with Crippen LogP contribution in [0.3, 0.4) is 0 Å². The summed E-state index contributed by atoms with van der Waals surface area (Å²) >= 11 is 3.54. The molecule has 0 aromatic heterocycles. The maximum Gasteiger partial charge on any atom is 0.331 e. The molecule has 0 saturated heterocycles. The number of methoxy groups -OCH3 is 2. The van der Waals surface area contributed by atoms with Crippen LogP contribution in [0.15, 0.2) is 40.9 Å². The van der Waals surface area contributed by atoms with E-state index in [-0.39, 0.29) is 35.0 Å². The van der Waals surface area contributed by atoms with Gasteiger partial charge in [0.05, 0.1) is 32.0 Å². The van der Waals surface area contributed by atoms with Gasteiger partial charge in [0.25, 0.3) is 0 Å². The zero-order valence-electron chi connectivity index (χ0n) is 31.2. The predicted molar refractivity (Wildman–Crippen MR) is 201 cm³/mol. The van der Waals surface area contributed by atoms with Crippen molar-refractivity contribution in [1.29, 1.82) is 0 Å². The van der Waals surface area contributed by atoms with Gasteiger partial charge >= 0.3 is 11.9 Å². The summed E-state index contributed by atoms with van der Waals surface area (Å²) in [5.41, 5.74) is 15.3. The van der Waals surface area contributed by atoms with Crippen LogP contribution < -0.4 is 11.5 Å². The molecule has 4 aliphatic carbocycles. The molecule has 0 bridgehead atoms. The van der Waals surface area contributed by atoms with Gasteiger partial charge in [0, 0.05) is 29.5 Å². The van der Waals surface area contributed by atoms with Crippen LogP contribution >= 0.6 is 15.9 Å². The molecule has 0 heterocycles. The third kappa shape index (κ3) is 6.56. The Labute approximate surface area is 312 Å². The first-order valence-corrected chi connectivity index (χ1v) is 19.4. The quantitative estimate of drug-likeness (QED) is 0.207. The van der Waals surface area contributed by atoms with E-state index in [2.05, 4.69) is 40.7 Å². The van der Waals surface area contributed by atoms with Gasteiger partial charge in [-0.15, -0.1) is 0 Å². The number of ether oxygens (including phenoxy) is 4. The Bertz CT molecular complexity index is 1650. The van der Waals surface area contributed by atoms with E-state index in [4.69, 9.17) is 37.0 Å². The molecular formula is C41H56BrN3O6. The van der Waals surface area contributed by atoms with E-state index < -0.39 is 11.1 Å². The molecule has 0 unspecified atom stereocenters. The number of halogens is 1. The van der Waals surface area contributed by atoms with Crippen LogP contribution in [0.1, 0.15) is 101 Å². The molecule has 51 heavy (non-hydrogen) atoms. The van der Waals surface area contributed by atoms with Gasteiger partial charge in [0.15, 0.2) is 5.69 Å². The molecule has 0 aliphatic heterocycles. The van der Waals surface area contributed by atoms with E-state index >= 15 is 0 Å². The molecule has 278 valence electrons. The minimum Gasteiger partial charge on any atom is -0.464 e. The second kappa shape index (κ2) is 15.7. The molecule has 9 nitrogen and oxygen atoms in total. The molecule has 6 rings (SSSR count). The van der Waals surface area contributed by atoms with Gasteiger partial charge in [0.2, 0.25) is 0 Å². The van der Waals surface area contributed by atoms with Gasteiger partial charge in [-0.05, 0) is 111 Å². The number of nitrogens with two attached hydrogens (primary N) is 2. The van der Waals surface area contributed by atoms with Gasteiger partial charge in [0.1, 0.15) is 11.1 Å². The van der Waals surface area contributed by atoms with Crippen LogP contribution in [-0.4, -0.2) is 51.6 Å². The molecule has 2 spiro atoms. The van der Waals surface area contributed by atoms with Crippen LogP contribution in [0.5, 0.6) is 0 Å². The largest absolute Gasteiger partial charge is 0.464 e. The summed E-state index contributed by atoms with van der Waals surface area (Å²) in [6, 6.07) is 11.7. The molecule has 2 aromatic rings. The van der Waals surface area contributed by atoms with E-state index in [1.807, 2.05) is 31.2 Å². The van der Waals surface area contributed by atoms with Crippen LogP contribution in [0.4, 0.5) is 5.69 Å². The molecule has 2 aromatic carbocycles. The number of rotatable bonds is 8. The number of fused-ring (bicyclic) bond motifs is 2. The number of carbonyl (C=O) groups is 2. The van der Waals surface area contributed by atoms with Crippen molar-refractivity contribution in [2.75, 3.05) is 27.4 Å². The highest BCUT2D eigenvalue weighted by atomic mass is 79.9. The van der Waals surface area contributed by atoms with Crippen molar-refractivity contribution in [2.24, 2.45) is 34.1 Å². The third-order valence-corrected chi connectivity index (χ3v) is 13.4. The van der Waals surface area contributed by atoms with Crippen molar-refractivity contribution in [3.63, 3.8) is 0 Å². The molecule has 0 radical (unpaired) electrons. The predicted octanol–water partition coefficient (Wildman–Crippen LogP) is 7.66. The van der Waals surface area contributed by atoms with Crippen molar-refractivity contribution in [3.8, 4) is 0 Å². The Morgan fingerprint density at radius 1 is 0.784 bits per heavy atom. The first kappa shape index (κ1) is 39.4. The SMILES string of the molecule is CCOC(=O)[C@]1(N)c2cc(Br)ccc2C[C@@]12CC[C@H](OC)[C@@H](CC)C2.[C-]#[N+]c1ccc2c(c1)[C@@](N)(C(=O)OCC)[C@]1(CC[C@H](OC)[C@@H](CC)C1)C2. The van der Waals surface area contributed by atoms with Crippen molar-refractivity contribution >= 4 is 33.6 Å². The average Bonchev–Trinajstić information content (AvgIpc) is 3.52. The Morgan fingerprint density at radius 2 is 1.24 bits per heavy atom. The number of carbonyl (C=O) groups excluding carboxylic acids is 2. The van der Waals surface area contributed by atoms with Gasteiger partial charge < -0.3 is 30.4 Å². The fourth-order valence-corrected chi connectivity index (χ4v) is 10.6. The number of benzene rings is 2.